The minimum absolute atomic E-state index is 0.0481. The molecule has 0 radical (unpaired) electrons. The Morgan fingerprint density at radius 1 is 0.871 bits per heavy atom. The van der Waals surface area contributed by atoms with Crippen LogP contribution in [0.15, 0.2) is 76.5 Å². The number of thioether (sulfide) groups is 1. The first kappa shape index (κ1) is 23.3. The maximum atomic E-state index is 13.0. The van der Waals surface area contributed by atoms with Gasteiger partial charge in [-0.2, -0.15) is 0 Å². The second-order valence-electron chi connectivity index (χ2n) is 7.80. The van der Waals surface area contributed by atoms with Crippen LogP contribution in [0.3, 0.4) is 0 Å². The summed E-state index contributed by atoms with van der Waals surface area (Å²) in [7, 11) is -3.78. The summed E-state index contributed by atoms with van der Waals surface area (Å²) in [6.07, 6.45) is 0.0481. The Labute approximate surface area is 189 Å². The van der Waals surface area contributed by atoms with Crippen LogP contribution in [0.5, 0.6) is 0 Å². The van der Waals surface area contributed by atoms with Crippen LogP contribution in [0.25, 0.3) is 0 Å². The highest BCUT2D eigenvalue weighted by molar-refractivity contribution is 8.13. The molecule has 3 rings (SSSR count). The van der Waals surface area contributed by atoms with E-state index in [-0.39, 0.29) is 16.4 Å². The molecule has 0 aromatic heterocycles. The van der Waals surface area contributed by atoms with Crippen LogP contribution in [0.4, 0.5) is 0 Å². The summed E-state index contributed by atoms with van der Waals surface area (Å²) >= 11 is 1.18. The smallest absolute Gasteiger partial charge is 0.241 e. The summed E-state index contributed by atoms with van der Waals surface area (Å²) in [6.45, 7) is 7.91. The van der Waals surface area contributed by atoms with Gasteiger partial charge in [-0.15, -0.1) is 0 Å². The summed E-state index contributed by atoms with van der Waals surface area (Å²) in [4.78, 5) is 14.1. The molecular weight excluding hydrogens is 426 g/mol. The standard InChI is InChI=1S/C25H27NO3S2/c1-17-10-12-22(13-11-17)31(28,29)26-23(21-8-6-5-7-9-21)16-24(27)30-25-19(3)14-18(2)15-20(25)4/h5-15,23,26H,16H2,1-4H3/t23-/m1/s1. The molecule has 0 bridgehead atoms. The zero-order chi connectivity index (χ0) is 22.6. The van der Waals surface area contributed by atoms with Crippen molar-refractivity contribution in [1.82, 2.24) is 4.72 Å². The molecule has 0 aliphatic carbocycles. The predicted molar refractivity (Wildman–Crippen MR) is 127 cm³/mol. The number of aryl methyl sites for hydroxylation is 4. The van der Waals surface area contributed by atoms with E-state index in [2.05, 4.69) is 16.9 Å². The summed E-state index contributed by atoms with van der Waals surface area (Å²) in [5, 5.41) is -0.0875. The third kappa shape index (κ3) is 6.06. The summed E-state index contributed by atoms with van der Waals surface area (Å²) < 4.78 is 28.7. The van der Waals surface area contributed by atoms with E-state index in [0.29, 0.717) is 0 Å². The molecule has 0 spiro atoms. The number of nitrogens with one attached hydrogen (secondary N) is 1. The third-order valence-electron chi connectivity index (χ3n) is 5.02. The van der Waals surface area contributed by atoms with Crippen molar-refractivity contribution in [3.63, 3.8) is 0 Å². The van der Waals surface area contributed by atoms with Gasteiger partial charge in [0.15, 0.2) is 5.12 Å². The lowest BCUT2D eigenvalue weighted by molar-refractivity contribution is -0.111. The van der Waals surface area contributed by atoms with Gasteiger partial charge < -0.3 is 0 Å². The van der Waals surface area contributed by atoms with Gasteiger partial charge in [0.2, 0.25) is 10.0 Å². The van der Waals surface area contributed by atoms with Crippen molar-refractivity contribution in [2.75, 3.05) is 0 Å². The van der Waals surface area contributed by atoms with E-state index >= 15 is 0 Å². The number of rotatable bonds is 7. The lowest BCUT2D eigenvalue weighted by atomic mass is 10.1. The van der Waals surface area contributed by atoms with Crippen molar-refractivity contribution in [2.45, 2.75) is 49.9 Å². The van der Waals surface area contributed by atoms with E-state index in [1.807, 2.05) is 58.0 Å². The maximum absolute atomic E-state index is 13.0. The number of carbonyl (C=O) groups excluding carboxylic acids is 1. The highest BCUT2D eigenvalue weighted by Crippen LogP contribution is 2.31. The Balaban J connectivity index is 1.85. The van der Waals surface area contributed by atoms with Crippen molar-refractivity contribution in [1.29, 1.82) is 0 Å². The van der Waals surface area contributed by atoms with Gasteiger partial charge in [0.05, 0.1) is 10.9 Å². The van der Waals surface area contributed by atoms with Crippen molar-refractivity contribution in [3.8, 4) is 0 Å². The van der Waals surface area contributed by atoms with E-state index in [0.717, 1.165) is 32.7 Å². The Kier molecular flexibility index (Phi) is 7.36. The fraction of sp³-hybridized carbons (Fsp3) is 0.240. The van der Waals surface area contributed by atoms with Gasteiger partial charge in [-0.25, -0.2) is 13.1 Å². The van der Waals surface area contributed by atoms with Gasteiger partial charge in [0.1, 0.15) is 0 Å². The molecule has 31 heavy (non-hydrogen) atoms. The average molecular weight is 454 g/mol. The van der Waals surface area contributed by atoms with Gasteiger partial charge >= 0.3 is 0 Å². The van der Waals surface area contributed by atoms with Crippen LogP contribution < -0.4 is 4.72 Å². The highest BCUT2D eigenvalue weighted by atomic mass is 32.2. The quantitative estimate of drug-likeness (QED) is 0.470. The molecule has 1 atom stereocenters. The first-order chi connectivity index (χ1) is 14.7. The molecule has 6 heteroatoms. The molecule has 3 aromatic rings. The van der Waals surface area contributed by atoms with Gasteiger partial charge in [-0.1, -0.05) is 77.5 Å². The lowest BCUT2D eigenvalue weighted by Crippen LogP contribution is -2.30. The minimum atomic E-state index is -3.78. The highest BCUT2D eigenvalue weighted by Gasteiger charge is 2.24. The molecule has 0 aliphatic rings. The minimum Gasteiger partial charge on any atom is -0.287 e. The normalized spacial score (nSPS) is 12.5. The SMILES string of the molecule is Cc1ccc(S(=O)(=O)N[C@H](CC(=O)Sc2c(C)cc(C)cc2C)c2ccccc2)cc1. The number of benzene rings is 3. The van der Waals surface area contributed by atoms with Crippen LogP contribution in [0.2, 0.25) is 0 Å². The second-order valence-corrected chi connectivity index (χ2v) is 10.6. The topological polar surface area (TPSA) is 63.2 Å². The third-order valence-corrected chi connectivity index (χ3v) is 7.75. The van der Waals surface area contributed by atoms with E-state index in [4.69, 9.17) is 0 Å². The predicted octanol–water partition coefficient (Wildman–Crippen LogP) is 5.65. The first-order valence-electron chi connectivity index (χ1n) is 10.1. The molecule has 162 valence electrons. The number of sulfonamides is 1. The fourth-order valence-corrected chi connectivity index (χ4v) is 5.68. The fourth-order valence-electron chi connectivity index (χ4n) is 3.54. The second kappa shape index (κ2) is 9.81. The lowest BCUT2D eigenvalue weighted by Gasteiger charge is -2.19. The van der Waals surface area contributed by atoms with Crippen molar-refractivity contribution in [2.24, 2.45) is 0 Å². The number of hydrogen-bond acceptors (Lipinski definition) is 4. The summed E-state index contributed by atoms with van der Waals surface area (Å²) in [5.74, 6) is 0. The Hall–Kier alpha value is -2.41. The van der Waals surface area contributed by atoms with Gasteiger partial charge in [-0.05, 0) is 56.5 Å². The average Bonchev–Trinajstić information content (AvgIpc) is 2.71. The van der Waals surface area contributed by atoms with Gasteiger partial charge in [0, 0.05) is 11.3 Å². The van der Waals surface area contributed by atoms with Crippen LogP contribution in [0.1, 0.15) is 40.3 Å². The van der Waals surface area contributed by atoms with E-state index < -0.39 is 16.1 Å². The van der Waals surface area contributed by atoms with E-state index in [1.54, 1.807) is 24.3 Å². The molecular formula is C25H27NO3S2. The molecule has 0 heterocycles. The summed E-state index contributed by atoms with van der Waals surface area (Å²) in [5.41, 5.74) is 4.98. The Morgan fingerprint density at radius 2 is 1.45 bits per heavy atom. The largest absolute Gasteiger partial charge is 0.287 e. The molecule has 4 nitrogen and oxygen atoms in total. The summed E-state index contributed by atoms with van der Waals surface area (Å²) in [6, 6.07) is 19.4. The molecule has 0 unspecified atom stereocenters. The Morgan fingerprint density at radius 3 is 2.03 bits per heavy atom. The first-order valence-corrected chi connectivity index (χ1v) is 12.4. The van der Waals surface area contributed by atoms with Gasteiger partial charge in [0.25, 0.3) is 0 Å². The zero-order valence-electron chi connectivity index (χ0n) is 18.2. The van der Waals surface area contributed by atoms with E-state index in [9.17, 15) is 13.2 Å². The van der Waals surface area contributed by atoms with Crippen LogP contribution in [-0.4, -0.2) is 13.5 Å². The van der Waals surface area contributed by atoms with Crippen LogP contribution in [-0.2, 0) is 14.8 Å². The molecule has 0 amide bonds. The van der Waals surface area contributed by atoms with E-state index in [1.165, 1.54) is 11.8 Å². The van der Waals surface area contributed by atoms with Gasteiger partial charge in [-0.3, -0.25) is 4.79 Å². The molecule has 0 saturated heterocycles. The van der Waals surface area contributed by atoms with Crippen molar-refractivity contribution >= 4 is 26.9 Å². The Bertz CT molecular complexity index is 1150. The molecule has 3 aromatic carbocycles. The molecule has 0 saturated carbocycles. The number of hydrogen-bond donors (Lipinski definition) is 1. The molecule has 0 fully saturated rings. The van der Waals surface area contributed by atoms with Crippen LogP contribution in [0, 0.1) is 27.7 Å². The van der Waals surface area contributed by atoms with Crippen molar-refractivity contribution < 1.29 is 13.2 Å². The zero-order valence-corrected chi connectivity index (χ0v) is 19.8. The van der Waals surface area contributed by atoms with Crippen LogP contribution >= 0.6 is 11.8 Å². The molecule has 1 N–H and O–H groups in total. The number of carbonyl (C=O) groups is 1. The maximum Gasteiger partial charge on any atom is 0.241 e. The van der Waals surface area contributed by atoms with Crippen molar-refractivity contribution in [3.05, 3.63) is 94.5 Å². The molecule has 0 aliphatic heterocycles. The monoisotopic (exact) mass is 453 g/mol.